The molecule has 6 rings (SSSR count). The number of isocyanates is 1. The van der Waals surface area contributed by atoms with Crippen LogP contribution in [0.25, 0.3) is 0 Å². The Hall–Kier alpha value is -3.40. The summed E-state index contributed by atoms with van der Waals surface area (Å²) in [6.45, 7) is 46.3. The van der Waals surface area contributed by atoms with Gasteiger partial charge in [0, 0.05) is 0 Å². The Bertz CT molecular complexity index is 3150. The monoisotopic (exact) mass is 1220 g/mol. The number of rotatable bonds is 18. The van der Waals surface area contributed by atoms with Crippen LogP contribution in [0.1, 0.15) is 220 Å². The van der Waals surface area contributed by atoms with Crippen molar-refractivity contribution in [2.24, 2.45) is 10.1 Å². The van der Waals surface area contributed by atoms with Crippen LogP contribution in [0.2, 0.25) is 36.3 Å². The molecule has 0 atom stereocenters. The van der Waals surface area contributed by atoms with Gasteiger partial charge < -0.3 is 28.5 Å². The van der Waals surface area contributed by atoms with Crippen LogP contribution in [0.15, 0.2) is 25.5 Å². The molecule has 0 spiro atoms. The van der Waals surface area contributed by atoms with Crippen molar-refractivity contribution in [3.05, 3.63) is 83.6 Å². The first kappa shape index (κ1) is 69.1. The average Bonchev–Trinajstić information content (AvgIpc) is 4.12. The third kappa shape index (κ3) is 16.9. The lowest BCUT2D eigenvalue weighted by molar-refractivity contribution is -0.118. The van der Waals surface area contributed by atoms with Crippen LogP contribution in [0.5, 0.6) is 0 Å². The maximum atomic E-state index is 13.6. The van der Waals surface area contributed by atoms with Crippen molar-refractivity contribution in [3.8, 4) is 0 Å². The van der Waals surface area contributed by atoms with Gasteiger partial charge in [-0.2, -0.15) is 4.99 Å². The molecular weight excluding hydrogens is 1130 g/mol. The van der Waals surface area contributed by atoms with Gasteiger partial charge in [0.25, 0.3) is 10.0 Å². The minimum absolute atomic E-state index is 0.00382. The summed E-state index contributed by atoms with van der Waals surface area (Å²) in [6, 6.07) is 4.24. The normalized spacial score (nSPS) is 14.5. The number of nitrogens with zero attached hydrogens (tertiary/aromatic N) is 3. The van der Waals surface area contributed by atoms with Gasteiger partial charge in [-0.1, -0.05) is 109 Å². The van der Waals surface area contributed by atoms with E-state index in [0.29, 0.717) is 43.3 Å². The number of thiazole rings is 2. The fourth-order valence-electron chi connectivity index (χ4n) is 8.59. The van der Waals surface area contributed by atoms with E-state index in [9.17, 15) is 36.6 Å². The lowest BCUT2D eigenvalue weighted by atomic mass is 9.82. The number of primary sulfonamides is 1. The van der Waals surface area contributed by atoms with Crippen LogP contribution < -0.4 is 9.86 Å². The summed E-state index contributed by atoms with van der Waals surface area (Å²) < 4.78 is 76.5. The van der Waals surface area contributed by atoms with Crippen molar-refractivity contribution in [3.63, 3.8) is 0 Å². The third-order valence-electron chi connectivity index (χ3n) is 15.1. The number of fused-ring (bicyclic) bond motifs is 2. The Morgan fingerprint density at radius 3 is 1.46 bits per heavy atom. The molecule has 1 amide bonds. The smallest absolute Gasteiger partial charge is 0.275 e. The standard InChI is InChI=1S/C29H46N2O6S2Si.C15H19NO2.C13H26N2O4S2Si/c1-17(2)20-12-19-14-36-15-22(19)25(18(3)4)21(20)13-24(32)31-39(34,35)26-23(30-27(38-26)29(8,9)33)16-37-40(10,11)28(5,6)7;1-9(2)12-5-11-6-18-7-13(11)14(10(3)4)15(12)16-8-17;1-12(2,3)22(6,7)19-8-9-10(21(14,17)18)20-11(15-9)13(4,5)16/h12,17-18,33H,13-16H2,1-11H3,(H,31,32);5,9-10H,6-7H2,1-4H3;16H,8H2,1-7H3,(H2,14,17,18). The van der Waals surface area contributed by atoms with Crippen LogP contribution in [-0.2, 0) is 105 Å². The Kier molecular flexibility index (Phi) is 22.3. The second kappa shape index (κ2) is 25.8. The number of sulfonamides is 2. The average molecular weight is 1220 g/mol. The summed E-state index contributed by atoms with van der Waals surface area (Å²) in [5, 5.41) is 26.4. The molecule has 0 bridgehead atoms. The van der Waals surface area contributed by atoms with Gasteiger partial charge in [-0.3, -0.25) is 4.79 Å². The van der Waals surface area contributed by atoms with Gasteiger partial charge in [0.2, 0.25) is 22.0 Å². The highest BCUT2D eigenvalue weighted by molar-refractivity contribution is 7.92. The zero-order chi connectivity index (χ0) is 61.3. The van der Waals surface area contributed by atoms with Crippen molar-refractivity contribution in [1.82, 2.24) is 14.7 Å². The van der Waals surface area contributed by atoms with Crippen molar-refractivity contribution in [1.29, 1.82) is 0 Å². The number of aliphatic imine (C=N–C) groups is 1. The van der Waals surface area contributed by atoms with E-state index in [2.05, 4.69) is 155 Å². The number of nitrogens with one attached hydrogen (secondary N) is 1. The second-order valence-electron chi connectivity index (χ2n) is 26.1. The summed E-state index contributed by atoms with van der Waals surface area (Å²) in [7, 11) is -12.4. The van der Waals surface area contributed by atoms with Crippen LogP contribution in [0.3, 0.4) is 0 Å². The SMILES string of the molecule is CC(C)(O)c1nc(CO[Si](C)(C)C(C)(C)C)c(S(N)(=O)=O)s1.CC(C)c1cc2c(c(C(C)C)c1CC(=O)NS(=O)(=O)c1sc(C(C)(C)O)nc1CO[Si](C)(C)C(C)(C)C)COC2.CC(C)c1cc2c(c(C(C)C)c1N=C=O)COC2. The summed E-state index contributed by atoms with van der Waals surface area (Å²) in [5.41, 5.74) is 8.64. The van der Waals surface area contributed by atoms with Crippen molar-refractivity contribution in [2.75, 3.05) is 0 Å². The Morgan fingerprint density at radius 1 is 0.688 bits per heavy atom. The molecule has 0 radical (unpaired) electrons. The van der Waals surface area contributed by atoms with Crippen molar-refractivity contribution in [2.45, 2.75) is 250 Å². The van der Waals surface area contributed by atoms with Crippen LogP contribution in [0, 0.1) is 0 Å². The predicted octanol–water partition coefficient (Wildman–Crippen LogP) is 12.7. The number of hydrogen-bond acceptors (Lipinski definition) is 17. The largest absolute Gasteiger partial charge is 0.411 e. The number of aliphatic hydroxyl groups is 2. The molecule has 80 heavy (non-hydrogen) atoms. The number of amides is 1. The molecule has 2 aromatic heterocycles. The fourth-order valence-corrected chi connectivity index (χ4v) is 14.9. The molecule has 4 heterocycles. The quantitative estimate of drug-likeness (QED) is 0.0411. The van der Waals surface area contributed by atoms with Gasteiger partial charge in [0.1, 0.15) is 21.2 Å². The Balaban J connectivity index is 0.000000288. The van der Waals surface area contributed by atoms with Gasteiger partial charge in [-0.05, 0) is 138 Å². The number of carbonyl (C=O) groups excluding carboxylic acids is 2. The topological polar surface area (TPSA) is 256 Å². The van der Waals surface area contributed by atoms with E-state index >= 15 is 0 Å². The van der Waals surface area contributed by atoms with E-state index in [-0.39, 0.29) is 66.4 Å². The molecule has 0 aliphatic carbocycles. The maximum absolute atomic E-state index is 13.6. The van der Waals surface area contributed by atoms with E-state index < -0.39 is 53.8 Å². The van der Waals surface area contributed by atoms with E-state index in [4.69, 9.17) is 23.5 Å². The summed E-state index contributed by atoms with van der Waals surface area (Å²) >= 11 is 1.76. The number of carbonyl (C=O) groups is 1. The van der Waals surface area contributed by atoms with E-state index in [0.717, 1.165) is 67.3 Å². The molecule has 5 N–H and O–H groups in total. The number of ether oxygens (including phenoxy) is 2. The minimum Gasteiger partial charge on any atom is -0.411 e. The number of aromatic nitrogens is 2. The van der Waals surface area contributed by atoms with E-state index in [1.165, 1.54) is 11.1 Å². The Labute approximate surface area is 487 Å². The lowest BCUT2D eigenvalue weighted by Crippen LogP contribution is -2.40. The molecule has 0 fully saturated rings. The molecule has 2 aromatic carbocycles. The molecule has 2 aliphatic heterocycles. The van der Waals surface area contributed by atoms with E-state index in [1.54, 1.807) is 33.8 Å². The van der Waals surface area contributed by atoms with Gasteiger partial charge in [-0.15, -0.1) is 22.7 Å². The fraction of sp³-hybridized carbons (Fsp3) is 0.649. The van der Waals surface area contributed by atoms with Crippen LogP contribution in [0.4, 0.5) is 5.69 Å². The second-order valence-corrected chi connectivity index (χ2v) is 41.4. The summed E-state index contributed by atoms with van der Waals surface area (Å²) in [6.07, 6.45) is 1.63. The minimum atomic E-state index is -4.27. The first-order valence-electron chi connectivity index (χ1n) is 27.2. The predicted molar refractivity (Wildman–Crippen MR) is 323 cm³/mol. The lowest BCUT2D eigenvalue weighted by Gasteiger charge is -2.36. The Morgan fingerprint density at radius 2 is 1.09 bits per heavy atom. The van der Waals surface area contributed by atoms with Gasteiger partial charge >= 0.3 is 0 Å². The highest BCUT2D eigenvalue weighted by Crippen LogP contribution is 2.44. The van der Waals surface area contributed by atoms with Gasteiger partial charge in [-0.25, -0.2) is 41.5 Å². The molecule has 2 aliphatic rings. The van der Waals surface area contributed by atoms with Gasteiger partial charge in [0.15, 0.2) is 25.1 Å². The zero-order valence-electron chi connectivity index (χ0n) is 51.4. The molecule has 0 saturated carbocycles. The third-order valence-corrected chi connectivity index (χ3v) is 30.3. The highest BCUT2D eigenvalue weighted by Gasteiger charge is 2.40. The number of nitrogens with two attached hydrogens (primary N) is 1. The summed E-state index contributed by atoms with van der Waals surface area (Å²) in [4.78, 5) is 36.8. The van der Waals surface area contributed by atoms with Gasteiger partial charge in [0.05, 0.1) is 63.1 Å². The van der Waals surface area contributed by atoms with E-state index in [1.807, 2.05) is 0 Å². The van der Waals surface area contributed by atoms with Crippen LogP contribution in [-0.4, -0.2) is 65.6 Å². The number of benzene rings is 2. The molecule has 0 unspecified atom stereocenters. The zero-order valence-corrected chi connectivity index (χ0v) is 56.7. The first-order valence-corrected chi connectivity index (χ1v) is 37.7. The molecule has 0 saturated heterocycles. The highest BCUT2D eigenvalue weighted by atomic mass is 32.3. The number of hydrogen-bond donors (Lipinski definition) is 4. The molecule has 23 heteroatoms. The molecular formula is C57H91N5O12S4Si2. The molecule has 448 valence electrons. The molecule has 4 aromatic rings. The van der Waals surface area contributed by atoms with Crippen LogP contribution >= 0.6 is 22.7 Å². The summed E-state index contributed by atoms with van der Waals surface area (Å²) in [5.74, 6) is 0.338. The first-order chi connectivity index (χ1) is 36.3. The molecule has 17 nitrogen and oxygen atoms in total. The maximum Gasteiger partial charge on any atom is 0.275 e. The van der Waals surface area contributed by atoms with Crippen molar-refractivity contribution < 1.29 is 55.0 Å². The van der Waals surface area contributed by atoms with Crippen molar-refractivity contribution >= 4 is 77.0 Å².